The molecule has 1 N–H and O–H groups in total. The monoisotopic (exact) mass is 293 g/mol. The molecule has 0 aromatic carbocycles. The zero-order chi connectivity index (χ0) is 13.7. The maximum absolute atomic E-state index is 4.51. The van der Waals surface area contributed by atoms with Gasteiger partial charge in [-0.1, -0.05) is 17.8 Å². The van der Waals surface area contributed by atoms with E-state index in [-0.39, 0.29) is 0 Å². The predicted molar refractivity (Wildman–Crippen MR) is 83.0 cm³/mol. The molecule has 0 atom stereocenters. The van der Waals surface area contributed by atoms with Crippen molar-refractivity contribution in [1.29, 1.82) is 0 Å². The molecule has 0 aliphatic heterocycles. The lowest BCUT2D eigenvalue weighted by atomic mass is 10.2. The van der Waals surface area contributed by atoms with E-state index in [0.717, 1.165) is 35.4 Å². The predicted octanol–water partition coefficient (Wildman–Crippen LogP) is 3.35. The van der Waals surface area contributed by atoms with E-state index < -0.39 is 0 Å². The van der Waals surface area contributed by atoms with Crippen molar-refractivity contribution in [2.24, 2.45) is 0 Å². The first-order chi connectivity index (χ1) is 9.16. The summed E-state index contributed by atoms with van der Waals surface area (Å²) in [5.41, 5.74) is 3.36. The van der Waals surface area contributed by atoms with Gasteiger partial charge in [-0.2, -0.15) is 0 Å². The number of thiophene rings is 1. The Morgan fingerprint density at radius 2 is 1.95 bits per heavy atom. The first-order valence-corrected chi connectivity index (χ1v) is 8.21. The molecule has 0 aliphatic rings. The van der Waals surface area contributed by atoms with Gasteiger partial charge in [-0.25, -0.2) is 9.97 Å². The molecule has 2 aromatic rings. The first-order valence-electron chi connectivity index (χ1n) is 6.34. The quantitative estimate of drug-likeness (QED) is 0.503. The van der Waals surface area contributed by atoms with E-state index in [1.165, 1.54) is 10.4 Å². The summed E-state index contributed by atoms with van der Waals surface area (Å²) in [6, 6.07) is 4.24. The van der Waals surface area contributed by atoms with Gasteiger partial charge in [0.25, 0.3) is 0 Å². The third-order valence-electron chi connectivity index (χ3n) is 3.00. The largest absolute Gasteiger partial charge is 0.311 e. The lowest BCUT2D eigenvalue weighted by Gasteiger charge is -2.07. The summed E-state index contributed by atoms with van der Waals surface area (Å²) >= 11 is 3.50. The fourth-order valence-electron chi connectivity index (χ4n) is 1.65. The van der Waals surface area contributed by atoms with Gasteiger partial charge in [0.1, 0.15) is 0 Å². The molecular formula is C14H19N3S2. The van der Waals surface area contributed by atoms with Gasteiger partial charge in [0, 0.05) is 35.1 Å². The third kappa shape index (κ3) is 4.30. The molecule has 0 fully saturated rings. The van der Waals surface area contributed by atoms with Crippen LogP contribution in [0.15, 0.2) is 22.7 Å². The normalized spacial score (nSPS) is 10.9. The lowest BCUT2D eigenvalue weighted by Crippen LogP contribution is -2.16. The molecule has 19 heavy (non-hydrogen) atoms. The Hall–Kier alpha value is -0.910. The van der Waals surface area contributed by atoms with Crippen molar-refractivity contribution in [3.05, 3.63) is 39.3 Å². The molecule has 2 aromatic heterocycles. The molecule has 0 spiro atoms. The number of aryl methyl sites for hydroxylation is 2. The van der Waals surface area contributed by atoms with Crippen LogP contribution in [0, 0.1) is 20.8 Å². The number of nitrogens with one attached hydrogen (secondary N) is 1. The lowest BCUT2D eigenvalue weighted by molar-refractivity contribution is 0.739. The van der Waals surface area contributed by atoms with Crippen molar-refractivity contribution in [2.45, 2.75) is 32.5 Å². The maximum Gasteiger partial charge on any atom is 0.188 e. The molecule has 0 unspecified atom stereocenters. The topological polar surface area (TPSA) is 37.8 Å². The molecule has 0 amide bonds. The van der Waals surface area contributed by atoms with Gasteiger partial charge in [-0.15, -0.1) is 11.3 Å². The fourth-order valence-corrected chi connectivity index (χ4v) is 3.15. The number of hydrogen-bond acceptors (Lipinski definition) is 5. The summed E-state index contributed by atoms with van der Waals surface area (Å²) in [5, 5.41) is 6.43. The molecule has 0 aliphatic carbocycles. The van der Waals surface area contributed by atoms with Crippen LogP contribution in [0.5, 0.6) is 0 Å². The molecule has 0 bridgehead atoms. The zero-order valence-electron chi connectivity index (χ0n) is 11.6. The van der Waals surface area contributed by atoms with Crippen LogP contribution in [-0.4, -0.2) is 22.3 Å². The summed E-state index contributed by atoms with van der Waals surface area (Å²) in [7, 11) is 0. The average molecular weight is 293 g/mol. The minimum absolute atomic E-state index is 0.888. The van der Waals surface area contributed by atoms with E-state index in [1.54, 1.807) is 23.1 Å². The number of hydrogen-bond donors (Lipinski definition) is 1. The zero-order valence-corrected chi connectivity index (χ0v) is 13.2. The highest BCUT2D eigenvalue weighted by molar-refractivity contribution is 7.99. The Bertz CT molecular complexity index is 500. The van der Waals surface area contributed by atoms with E-state index in [2.05, 4.69) is 39.7 Å². The Kier molecular flexibility index (Phi) is 5.36. The van der Waals surface area contributed by atoms with Crippen LogP contribution in [0.3, 0.4) is 0 Å². The summed E-state index contributed by atoms with van der Waals surface area (Å²) in [6.07, 6.45) is 0. The highest BCUT2D eigenvalue weighted by Gasteiger charge is 2.04. The van der Waals surface area contributed by atoms with E-state index in [9.17, 15) is 0 Å². The van der Waals surface area contributed by atoms with Gasteiger partial charge in [0.15, 0.2) is 5.16 Å². The summed E-state index contributed by atoms with van der Waals surface area (Å²) in [6.45, 7) is 8.08. The van der Waals surface area contributed by atoms with Crippen molar-refractivity contribution in [1.82, 2.24) is 15.3 Å². The van der Waals surface area contributed by atoms with Gasteiger partial charge in [0.05, 0.1) is 0 Å². The first kappa shape index (κ1) is 14.5. The van der Waals surface area contributed by atoms with Crippen molar-refractivity contribution in [3.8, 4) is 0 Å². The van der Waals surface area contributed by atoms with Gasteiger partial charge in [-0.3, -0.25) is 0 Å². The van der Waals surface area contributed by atoms with E-state index in [1.807, 2.05) is 13.8 Å². The highest BCUT2D eigenvalue weighted by atomic mass is 32.2. The number of rotatable bonds is 6. The van der Waals surface area contributed by atoms with Gasteiger partial charge in [-0.05, 0) is 37.8 Å². The minimum Gasteiger partial charge on any atom is -0.311 e. The minimum atomic E-state index is 0.888. The Balaban J connectivity index is 1.74. The van der Waals surface area contributed by atoms with E-state index in [0.29, 0.717) is 0 Å². The molecule has 5 heteroatoms. The third-order valence-corrected chi connectivity index (χ3v) is 4.73. The van der Waals surface area contributed by atoms with Crippen molar-refractivity contribution in [2.75, 3.05) is 12.3 Å². The average Bonchev–Trinajstić information content (AvgIpc) is 2.88. The van der Waals surface area contributed by atoms with E-state index in [4.69, 9.17) is 0 Å². The fraction of sp³-hybridized carbons (Fsp3) is 0.429. The molecule has 3 nitrogen and oxygen atoms in total. The smallest absolute Gasteiger partial charge is 0.188 e. The van der Waals surface area contributed by atoms with Crippen LogP contribution in [0.2, 0.25) is 0 Å². The van der Waals surface area contributed by atoms with Crippen LogP contribution >= 0.6 is 23.1 Å². The van der Waals surface area contributed by atoms with Crippen LogP contribution < -0.4 is 5.32 Å². The van der Waals surface area contributed by atoms with Gasteiger partial charge >= 0.3 is 0 Å². The SMILES string of the molecule is Cc1nc(SCCNCc2cccs2)nc(C)c1C. The molecular weight excluding hydrogens is 274 g/mol. The molecule has 102 valence electrons. The summed E-state index contributed by atoms with van der Waals surface area (Å²) < 4.78 is 0. The summed E-state index contributed by atoms with van der Waals surface area (Å²) in [5.74, 6) is 0.993. The van der Waals surface area contributed by atoms with Gasteiger partial charge in [0.2, 0.25) is 0 Å². The summed E-state index contributed by atoms with van der Waals surface area (Å²) in [4.78, 5) is 10.4. The molecule has 2 rings (SSSR count). The van der Waals surface area contributed by atoms with Crippen molar-refractivity contribution in [3.63, 3.8) is 0 Å². The standard InChI is InChI=1S/C14H19N3S2/c1-10-11(2)16-14(17-12(10)3)19-8-6-15-9-13-5-4-7-18-13/h4-5,7,15H,6,8-9H2,1-3H3. The van der Waals surface area contributed by atoms with Crippen molar-refractivity contribution >= 4 is 23.1 Å². The van der Waals surface area contributed by atoms with Gasteiger partial charge < -0.3 is 5.32 Å². The van der Waals surface area contributed by atoms with E-state index >= 15 is 0 Å². The Morgan fingerprint density at radius 1 is 1.21 bits per heavy atom. The molecule has 0 radical (unpaired) electrons. The second-order valence-electron chi connectivity index (χ2n) is 4.41. The molecule has 2 heterocycles. The van der Waals surface area contributed by atoms with Crippen LogP contribution in [0.1, 0.15) is 21.8 Å². The van der Waals surface area contributed by atoms with Crippen LogP contribution in [0.4, 0.5) is 0 Å². The second-order valence-corrected chi connectivity index (χ2v) is 6.50. The Morgan fingerprint density at radius 3 is 2.58 bits per heavy atom. The second kappa shape index (κ2) is 7.03. The van der Waals surface area contributed by atoms with Crippen LogP contribution in [-0.2, 0) is 6.54 Å². The van der Waals surface area contributed by atoms with Crippen molar-refractivity contribution < 1.29 is 0 Å². The number of nitrogens with zero attached hydrogens (tertiary/aromatic N) is 2. The Labute approximate surface area is 122 Å². The number of aromatic nitrogens is 2. The van der Waals surface area contributed by atoms with Crippen LogP contribution in [0.25, 0.3) is 0 Å². The maximum atomic E-state index is 4.51. The number of thioether (sulfide) groups is 1. The molecule has 0 saturated heterocycles. The molecule has 0 saturated carbocycles. The highest BCUT2D eigenvalue weighted by Crippen LogP contribution is 2.16.